The number of hydrogen-bond acceptors (Lipinski definition) is 4. The van der Waals surface area contributed by atoms with Crippen molar-refractivity contribution in [3.8, 4) is 5.69 Å². The van der Waals surface area contributed by atoms with Gasteiger partial charge in [0.1, 0.15) is 5.69 Å². The summed E-state index contributed by atoms with van der Waals surface area (Å²) in [7, 11) is 3.71. The zero-order valence-corrected chi connectivity index (χ0v) is 17.2. The molecule has 154 valence electrons. The van der Waals surface area contributed by atoms with E-state index in [1.165, 1.54) is 6.07 Å². The maximum Gasteiger partial charge on any atom is 0.150 e. The molecule has 2 aromatic rings. The van der Waals surface area contributed by atoms with Crippen LogP contribution in [0.2, 0.25) is 0 Å². The number of aliphatic imine (C=N–C) groups is 1. The van der Waals surface area contributed by atoms with Gasteiger partial charge in [0.2, 0.25) is 0 Å². The molecule has 2 rings (SSSR count). The van der Waals surface area contributed by atoms with E-state index in [1.807, 2.05) is 31.5 Å². The highest BCUT2D eigenvalue weighted by molar-refractivity contribution is 5.73. The first-order valence-electron chi connectivity index (χ1n) is 9.75. The molecule has 0 spiro atoms. The molecule has 0 aliphatic carbocycles. The molecule has 0 saturated heterocycles. The van der Waals surface area contributed by atoms with Gasteiger partial charge in [-0.2, -0.15) is 5.10 Å². The number of hydrogen-bond donors (Lipinski definition) is 2. The lowest BCUT2D eigenvalue weighted by molar-refractivity contribution is 0.536. The molecule has 0 bridgehead atoms. The van der Waals surface area contributed by atoms with Crippen LogP contribution in [0.1, 0.15) is 24.8 Å². The zero-order chi connectivity index (χ0) is 21.1. The van der Waals surface area contributed by atoms with Crippen LogP contribution >= 0.6 is 0 Å². The quantitative estimate of drug-likeness (QED) is 0.234. The minimum Gasteiger partial charge on any atom is -0.388 e. The van der Waals surface area contributed by atoms with E-state index in [0.717, 1.165) is 42.6 Å². The SMILES string of the molecule is C=CC(CCC/C=C(\C=C/N=C)c1cnn(-c2ccc(NC)cc2F)c1)CNC. The van der Waals surface area contributed by atoms with E-state index in [-0.39, 0.29) is 5.82 Å². The van der Waals surface area contributed by atoms with Gasteiger partial charge >= 0.3 is 0 Å². The summed E-state index contributed by atoms with van der Waals surface area (Å²) in [5.41, 5.74) is 3.01. The third-order valence-corrected chi connectivity index (χ3v) is 4.70. The average molecular weight is 396 g/mol. The summed E-state index contributed by atoms with van der Waals surface area (Å²) in [6.45, 7) is 8.33. The van der Waals surface area contributed by atoms with Gasteiger partial charge < -0.3 is 10.6 Å². The Balaban J connectivity index is 2.15. The second-order valence-electron chi connectivity index (χ2n) is 6.73. The summed E-state index contributed by atoms with van der Waals surface area (Å²) in [6, 6.07) is 4.98. The predicted molar refractivity (Wildman–Crippen MR) is 121 cm³/mol. The Morgan fingerprint density at radius 3 is 2.86 bits per heavy atom. The van der Waals surface area contributed by atoms with Gasteiger partial charge in [-0.1, -0.05) is 12.2 Å². The minimum absolute atomic E-state index is 0.333. The Morgan fingerprint density at radius 1 is 1.38 bits per heavy atom. The summed E-state index contributed by atoms with van der Waals surface area (Å²) in [4.78, 5) is 3.81. The van der Waals surface area contributed by atoms with Crippen LogP contribution in [0.4, 0.5) is 10.1 Å². The number of aromatic nitrogens is 2. The van der Waals surface area contributed by atoms with Gasteiger partial charge in [-0.25, -0.2) is 9.07 Å². The molecule has 1 atom stereocenters. The predicted octanol–water partition coefficient (Wildman–Crippen LogP) is 4.84. The first-order chi connectivity index (χ1) is 14.1. The van der Waals surface area contributed by atoms with Crippen LogP contribution in [0.15, 0.2) is 66.6 Å². The van der Waals surface area contributed by atoms with Crippen LogP contribution < -0.4 is 10.6 Å². The number of unbranched alkanes of at least 4 members (excludes halogenated alkanes) is 1. The highest BCUT2D eigenvalue weighted by Gasteiger charge is 2.09. The molecule has 2 N–H and O–H groups in total. The largest absolute Gasteiger partial charge is 0.388 e. The number of nitrogens with zero attached hydrogens (tertiary/aromatic N) is 3. The van der Waals surface area contributed by atoms with Crippen LogP contribution in [-0.4, -0.2) is 37.1 Å². The van der Waals surface area contributed by atoms with Gasteiger partial charge in [0, 0.05) is 37.2 Å². The van der Waals surface area contributed by atoms with Crippen molar-refractivity contribution >= 4 is 18.0 Å². The summed E-state index contributed by atoms with van der Waals surface area (Å²) >= 11 is 0. The van der Waals surface area contributed by atoms with Crippen molar-refractivity contribution in [3.63, 3.8) is 0 Å². The fraction of sp³-hybridized carbons (Fsp3) is 0.304. The van der Waals surface area contributed by atoms with Crippen LogP contribution in [0.3, 0.4) is 0 Å². The molecule has 0 saturated carbocycles. The number of allylic oxidation sites excluding steroid dienone is 3. The van der Waals surface area contributed by atoms with Crippen LogP contribution in [-0.2, 0) is 0 Å². The first-order valence-corrected chi connectivity index (χ1v) is 9.75. The second kappa shape index (κ2) is 11.8. The molecule has 0 aliphatic rings. The van der Waals surface area contributed by atoms with Gasteiger partial charge in [-0.3, -0.25) is 4.99 Å². The monoisotopic (exact) mass is 395 g/mol. The average Bonchev–Trinajstić information content (AvgIpc) is 3.21. The molecule has 1 unspecified atom stereocenters. The van der Waals surface area contributed by atoms with Crippen molar-refractivity contribution < 1.29 is 4.39 Å². The highest BCUT2D eigenvalue weighted by atomic mass is 19.1. The minimum atomic E-state index is -0.333. The Kier molecular flexibility index (Phi) is 9.05. The lowest BCUT2D eigenvalue weighted by atomic mass is 10.0. The Morgan fingerprint density at radius 2 is 2.21 bits per heavy atom. The van der Waals surface area contributed by atoms with E-state index in [2.05, 4.69) is 40.1 Å². The molecule has 0 amide bonds. The molecule has 1 aromatic carbocycles. The lowest BCUT2D eigenvalue weighted by Gasteiger charge is -2.10. The van der Waals surface area contributed by atoms with Crippen molar-refractivity contribution in [2.45, 2.75) is 19.3 Å². The van der Waals surface area contributed by atoms with Gasteiger partial charge in [-0.15, -0.1) is 6.58 Å². The fourth-order valence-electron chi connectivity index (χ4n) is 3.07. The van der Waals surface area contributed by atoms with Crippen molar-refractivity contribution in [1.29, 1.82) is 0 Å². The van der Waals surface area contributed by atoms with Gasteiger partial charge in [0.25, 0.3) is 0 Å². The Labute approximate surface area is 172 Å². The number of rotatable bonds is 12. The number of halogens is 1. The number of anilines is 1. The summed E-state index contributed by atoms with van der Waals surface area (Å²) in [5.74, 6) is 0.133. The van der Waals surface area contributed by atoms with Gasteiger partial charge in [-0.05, 0) is 68.8 Å². The summed E-state index contributed by atoms with van der Waals surface area (Å²) in [5, 5.41) is 10.5. The van der Waals surface area contributed by atoms with E-state index in [1.54, 1.807) is 30.2 Å². The summed E-state index contributed by atoms with van der Waals surface area (Å²) < 4.78 is 15.9. The molecular weight excluding hydrogens is 365 g/mol. The first kappa shape index (κ1) is 22.3. The van der Waals surface area contributed by atoms with E-state index < -0.39 is 0 Å². The van der Waals surface area contributed by atoms with Crippen LogP contribution in [0, 0.1) is 11.7 Å². The molecule has 1 aromatic heterocycles. The lowest BCUT2D eigenvalue weighted by Crippen LogP contribution is -2.16. The Hall–Kier alpha value is -2.99. The standard InChI is InChI=1S/C23H30FN5/c1-5-18(15-26-3)8-6-7-9-19(12-13-25-2)20-16-28-29(17-20)23-11-10-21(27-4)14-22(23)24/h5,9-14,16-18,26-27H,1-2,6-8,15H2,3-4H3/b13-12-,19-9+. The molecule has 29 heavy (non-hydrogen) atoms. The van der Waals surface area contributed by atoms with E-state index in [9.17, 15) is 4.39 Å². The summed E-state index contributed by atoms with van der Waals surface area (Å²) in [6.07, 6.45) is 14.3. The smallest absolute Gasteiger partial charge is 0.150 e. The molecule has 6 heteroatoms. The molecule has 5 nitrogen and oxygen atoms in total. The maximum atomic E-state index is 14.4. The molecule has 0 fully saturated rings. The molecule has 1 heterocycles. The van der Waals surface area contributed by atoms with Crippen LogP contribution in [0.25, 0.3) is 11.3 Å². The van der Waals surface area contributed by atoms with Crippen molar-refractivity contribution in [2.75, 3.05) is 26.0 Å². The van der Waals surface area contributed by atoms with E-state index in [0.29, 0.717) is 11.6 Å². The van der Waals surface area contributed by atoms with E-state index in [4.69, 9.17) is 0 Å². The van der Waals surface area contributed by atoms with Crippen molar-refractivity contribution in [1.82, 2.24) is 15.1 Å². The van der Waals surface area contributed by atoms with Crippen LogP contribution in [0.5, 0.6) is 0 Å². The zero-order valence-electron chi connectivity index (χ0n) is 17.2. The topological polar surface area (TPSA) is 54.2 Å². The Bertz CT molecular complexity index is 866. The molecule has 0 aliphatic heterocycles. The normalized spacial score (nSPS) is 12.9. The fourth-order valence-corrected chi connectivity index (χ4v) is 3.07. The number of benzene rings is 1. The third-order valence-electron chi connectivity index (χ3n) is 4.70. The van der Waals surface area contributed by atoms with Crippen molar-refractivity contribution in [2.24, 2.45) is 10.9 Å². The third kappa shape index (κ3) is 6.54. The maximum absolute atomic E-state index is 14.4. The highest BCUT2D eigenvalue weighted by Crippen LogP contribution is 2.22. The van der Waals surface area contributed by atoms with E-state index >= 15 is 0 Å². The molecular formula is C23H30FN5. The molecule has 0 radical (unpaired) electrons. The number of nitrogens with one attached hydrogen (secondary N) is 2. The second-order valence-corrected chi connectivity index (χ2v) is 6.73. The van der Waals surface area contributed by atoms with Crippen molar-refractivity contribution in [3.05, 3.63) is 73.0 Å². The van der Waals surface area contributed by atoms with Gasteiger partial charge in [0.15, 0.2) is 5.82 Å². The van der Waals surface area contributed by atoms with Gasteiger partial charge in [0.05, 0.1) is 6.20 Å².